The largest absolute Gasteiger partial charge is 0.506 e. The lowest BCUT2D eigenvalue weighted by molar-refractivity contribution is 0.469. The Balaban J connectivity index is 1.82. The summed E-state index contributed by atoms with van der Waals surface area (Å²) in [5.41, 5.74) is 0.273. The minimum absolute atomic E-state index is 0.00268. The highest BCUT2D eigenvalue weighted by Gasteiger charge is 2.19. The molecule has 0 atom stereocenters. The average molecular weight is 427 g/mol. The van der Waals surface area contributed by atoms with Crippen LogP contribution in [0.3, 0.4) is 0 Å². The van der Waals surface area contributed by atoms with Gasteiger partial charge >= 0.3 is 0 Å². The van der Waals surface area contributed by atoms with Gasteiger partial charge in [0.1, 0.15) is 17.8 Å². The van der Waals surface area contributed by atoms with E-state index in [0.29, 0.717) is 20.8 Å². The van der Waals surface area contributed by atoms with Gasteiger partial charge in [-0.25, -0.2) is 13.4 Å². The van der Waals surface area contributed by atoms with Crippen LogP contribution in [0.2, 0.25) is 0 Å². The molecule has 0 spiro atoms. The van der Waals surface area contributed by atoms with Crippen LogP contribution in [-0.2, 0) is 10.0 Å². The number of sulfonamides is 1. The molecule has 4 aromatic rings. The summed E-state index contributed by atoms with van der Waals surface area (Å²) in [5.74, 6) is -0.00268. The lowest BCUT2D eigenvalue weighted by Gasteiger charge is -2.14. The second-order valence-electron chi connectivity index (χ2n) is 5.90. The first-order valence-corrected chi connectivity index (χ1v) is 10.5. The van der Waals surface area contributed by atoms with E-state index in [2.05, 4.69) is 25.1 Å². The summed E-state index contributed by atoms with van der Waals surface area (Å²) in [6.45, 7) is 0. The number of fused-ring (bicyclic) bond motifs is 1. The molecule has 0 unspecified atom stereocenters. The van der Waals surface area contributed by atoms with Crippen LogP contribution in [0, 0.1) is 4.91 Å². The molecule has 1 aromatic heterocycles. The monoisotopic (exact) mass is 427 g/mol. The zero-order valence-electron chi connectivity index (χ0n) is 14.6. The minimum Gasteiger partial charge on any atom is -0.506 e. The third-order valence-electron chi connectivity index (χ3n) is 4.06. The van der Waals surface area contributed by atoms with Gasteiger partial charge in [-0.15, -0.1) is 4.91 Å². The lowest BCUT2D eigenvalue weighted by Crippen LogP contribution is -2.13. The fraction of sp³-hybridized carbons (Fsp3) is 0. The van der Waals surface area contributed by atoms with Gasteiger partial charge in [-0.05, 0) is 41.2 Å². The maximum atomic E-state index is 12.9. The van der Waals surface area contributed by atoms with Crippen molar-refractivity contribution in [1.29, 1.82) is 0 Å². The van der Waals surface area contributed by atoms with E-state index in [-0.39, 0.29) is 22.0 Å². The predicted octanol–water partition coefficient (Wildman–Crippen LogP) is 4.01. The second kappa shape index (κ2) is 7.53. The van der Waals surface area contributed by atoms with Crippen LogP contribution in [0.1, 0.15) is 0 Å². The third kappa shape index (κ3) is 3.77. The Kier molecular flexibility index (Phi) is 4.91. The number of rotatable bonds is 6. The molecule has 3 N–H and O–H groups in total. The maximum Gasteiger partial charge on any atom is 0.261 e. The molecule has 0 aliphatic carbocycles. The molecule has 0 aliphatic rings. The highest BCUT2D eigenvalue weighted by atomic mass is 32.2. The van der Waals surface area contributed by atoms with Crippen LogP contribution in [0.15, 0.2) is 81.0 Å². The van der Waals surface area contributed by atoms with Crippen molar-refractivity contribution in [1.82, 2.24) is 15.2 Å². The number of aromatic amines is 1. The third-order valence-corrected chi connectivity index (χ3v) is 6.34. The Morgan fingerprint density at radius 2 is 1.86 bits per heavy atom. The van der Waals surface area contributed by atoms with Gasteiger partial charge in [0.2, 0.25) is 0 Å². The van der Waals surface area contributed by atoms with Crippen molar-refractivity contribution in [3.05, 3.63) is 65.8 Å². The highest BCUT2D eigenvalue weighted by molar-refractivity contribution is 7.99. The van der Waals surface area contributed by atoms with Crippen molar-refractivity contribution in [3.8, 4) is 5.75 Å². The Morgan fingerprint density at radius 1 is 1.07 bits per heavy atom. The van der Waals surface area contributed by atoms with Crippen molar-refractivity contribution in [2.24, 2.45) is 5.18 Å². The van der Waals surface area contributed by atoms with Gasteiger partial charge in [-0.2, -0.15) is 5.10 Å². The van der Waals surface area contributed by atoms with Crippen molar-refractivity contribution < 1.29 is 13.5 Å². The van der Waals surface area contributed by atoms with Gasteiger partial charge in [-0.3, -0.25) is 9.82 Å². The van der Waals surface area contributed by atoms with Crippen molar-refractivity contribution in [2.45, 2.75) is 14.9 Å². The van der Waals surface area contributed by atoms with Crippen LogP contribution < -0.4 is 4.72 Å². The van der Waals surface area contributed by atoms with Gasteiger partial charge in [0.25, 0.3) is 10.0 Å². The standard InChI is InChI=1S/C18H13N5O4S2/c24-17-14-7-2-1-6-13(14)15(9-16(17)28-18-19-10-20-21-18)23-29(26,27)12-5-3-4-11(8-12)22-25/h1-10,23-24H,(H,19,20,21). The van der Waals surface area contributed by atoms with Crippen molar-refractivity contribution in [3.63, 3.8) is 0 Å². The maximum absolute atomic E-state index is 12.9. The fourth-order valence-corrected chi connectivity index (χ4v) is 4.66. The number of hydrogen-bond donors (Lipinski definition) is 3. The van der Waals surface area contributed by atoms with Gasteiger partial charge in [0.15, 0.2) is 5.16 Å². The Labute approximate surface area is 169 Å². The Morgan fingerprint density at radius 3 is 2.59 bits per heavy atom. The summed E-state index contributed by atoms with van der Waals surface area (Å²) in [4.78, 5) is 15.0. The average Bonchev–Trinajstić information content (AvgIpc) is 3.24. The van der Waals surface area contributed by atoms with Crippen LogP contribution in [0.5, 0.6) is 5.75 Å². The van der Waals surface area contributed by atoms with E-state index in [9.17, 15) is 18.4 Å². The smallest absolute Gasteiger partial charge is 0.261 e. The fourth-order valence-electron chi connectivity index (χ4n) is 2.76. The topological polar surface area (TPSA) is 137 Å². The summed E-state index contributed by atoms with van der Waals surface area (Å²) in [7, 11) is -4.00. The van der Waals surface area contributed by atoms with Crippen LogP contribution >= 0.6 is 11.8 Å². The van der Waals surface area contributed by atoms with E-state index in [0.717, 1.165) is 11.8 Å². The molecule has 0 radical (unpaired) electrons. The lowest BCUT2D eigenvalue weighted by atomic mass is 10.1. The number of hydrogen-bond acceptors (Lipinski definition) is 8. The number of aromatic hydroxyl groups is 1. The summed E-state index contributed by atoms with van der Waals surface area (Å²) in [6.07, 6.45) is 1.33. The number of aromatic nitrogens is 3. The zero-order chi connectivity index (χ0) is 20.4. The van der Waals surface area contributed by atoms with Crippen LogP contribution in [0.25, 0.3) is 10.8 Å². The van der Waals surface area contributed by atoms with Gasteiger partial charge in [0, 0.05) is 10.8 Å². The van der Waals surface area contributed by atoms with E-state index in [1.54, 1.807) is 24.3 Å². The molecule has 0 saturated carbocycles. The SMILES string of the molecule is O=Nc1cccc(S(=O)(=O)Nc2cc(Sc3ncn[nH]3)c(O)c3ccccc23)c1. The first-order valence-electron chi connectivity index (χ1n) is 8.22. The number of H-pyrrole nitrogens is 1. The number of anilines is 1. The number of nitroso groups, excluding NO2 is 1. The molecule has 0 bridgehead atoms. The van der Waals surface area contributed by atoms with E-state index in [1.165, 1.54) is 36.7 Å². The summed E-state index contributed by atoms with van der Waals surface area (Å²) in [5, 5.41) is 21.3. The number of nitrogens with zero attached hydrogens (tertiary/aromatic N) is 3. The molecular weight excluding hydrogens is 414 g/mol. The van der Waals surface area contributed by atoms with E-state index >= 15 is 0 Å². The molecule has 0 fully saturated rings. The van der Waals surface area contributed by atoms with Crippen molar-refractivity contribution in [2.75, 3.05) is 4.72 Å². The number of phenolic OH excluding ortho intramolecular Hbond substituents is 1. The molecule has 0 amide bonds. The number of nitrogens with one attached hydrogen (secondary N) is 2. The molecule has 146 valence electrons. The van der Waals surface area contributed by atoms with Gasteiger partial charge in [0.05, 0.1) is 15.5 Å². The van der Waals surface area contributed by atoms with Crippen molar-refractivity contribution >= 4 is 43.9 Å². The van der Waals surface area contributed by atoms with E-state index in [1.807, 2.05) is 0 Å². The molecule has 0 saturated heterocycles. The van der Waals surface area contributed by atoms with Crippen LogP contribution in [-0.4, -0.2) is 28.7 Å². The zero-order valence-corrected chi connectivity index (χ0v) is 16.2. The summed E-state index contributed by atoms with van der Waals surface area (Å²) in [6, 6.07) is 13.8. The number of benzene rings is 3. The first kappa shape index (κ1) is 18.9. The van der Waals surface area contributed by atoms with Gasteiger partial charge < -0.3 is 5.11 Å². The highest BCUT2D eigenvalue weighted by Crippen LogP contribution is 2.42. The summed E-state index contributed by atoms with van der Waals surface area (Å²) < 4.78 is 28.3. The molecular formula is C18H13N5O4S2. The van der Waals surface area contributed by atoms with Gasteiger partial charge in [-0.1, -0.05) is 30.3 Å². The summed E-state index contributed by atoms with van der Waals surface area (Å²) >= 11 is 1.11. The van der Waals surface area contributed by atoms with E-state index in [4.69, 9.17) is 0 Å². The predicted molar refractivity (Wildman–Crippen MR) is 109 cm³/mol. The Bertz CT molecular complexity index is 1310. The van der Waals surface area contributed by atoms with Crippen LogP contribution in [0.4, 0.5) is 11.4 Å². The number of phenols is 1. The molecule has 3 aromatic carbocycles. The normalized spacial score (nSPS) is 11.4. The molecule has 1 heterocycles. The molecule has 11 heteroatoms. The molecule has 4 rings (SSSR count). The minimum atomic E-state index is -4.00. The quantitative estimate of drug-likeness (QED) is 0.312. The Hall–Kier alpha value is -3.44. The molecule has 29 heavy (non-hydrogen) atoms. The van der Waals surface area contributed by atoms with E-state index < -0.39 is 10.0 Å². The first-order chi connectivity index (χ1) is 14.0. The molecule has 0 aliphatic heterocycles. The second-order valence-corrected chi connectivity index (χ2v) is 8.62. The molecule has 9 nitrogen and oxygen atoms in total.